The summed E-state index contributed by atoms with van der Waals surface area (Å²) in [6.07, 6.45) is 10.3. The number of ether oxygens (including phenoxy) is 1. The minimum atomic E-state index is -2.87. The third-order valence-corrected chi connectivity index (χ3v) is 13.6. The molecule has 3 N–H and O–H groups in total. The van der Waals surface area contributed by atoms with E-state index in [-0.39, 0.29) is 53.4 Å². The van der Waals surface area contributed by atoms with Crippen LogP contribution in [0.25, 0.3) is 11.5 Å². The molecule has 350 valence electrons. The van der Waals surface area contributed by atoms with Gasteiger partial charge in [-0.1, -0.05) is 18.9 Å². The third-order valence-electron chi connectivity index (χ3n) is 13.6. The normalized spacial score (nSPS) is 22.6. The SMILES string of the molecule is CN(CCN1CCO[C@@H](CCNc2cccc3c2C(=O)N(C2CCC(=O)NC2=O)C3=O)C1)CC1CCC(n2cc(NC(=O)c3coc(-c4ccnc(CCC5CC5)c4)n3)c(C(F)F)n2)CC1. The number of carbonyl (C=O) groups is 5. The monoisotopic (exact) mass is 910 g/mol. The number of likely N-dealkylation sites (N-methyl/N-ethyl adjacent to an activating group) is 1. The van der Waals surface area contributed by atoms with Crippen molar-refractivity contribution in [1.82, 2.24) is 39.8 Å². The van der Waals surface area contributed by atoms with Crippen LogP contribution in [-0.4, -0.2) is 129 Å². The van der Waals surface area contributed by atoms with Crippen LogP contribution in [0.2, 0.25) is 0 Å². The number of morpholine rings is 1. The standard InChI is InChI=1S/C47H56F2N10O7/c1-56(19-20-57-21-22-65-33(25-57)16-18-51-35-4-2-3-34-40(35)47(64)59(46(34)63)38-13-14-39(60)54-44(38)62)24-29-8-11-32(12-9-29)58-26-36(41(55-58)42(48)49)52-43(61)37-27-66-45(53-37)30-15-17-50-31(23-30)10-7-28-5-6-28/h2-4,15,17,23,26-29,32-33,38,42,51H,5-14,16,18-22,24-25H2,1H3,(H,52,61)(H,54,60,62)/t29?,32?,33-,38?/m0/s1. The lowest BCUT2D eigenvalue weighted by Crippen LogP contribution is -2.54. The van der Waals surface area contributed by atoms with Crippen molar-refractivity contribution in [2.45, 2.75) is 95.2 Å². The first-order chi connectivity index (χ1) is 32.0. The van der Waals surface area contributed by atoms with Gasteiger partial charge in [0, 0.05) is 75.0 Å². The zero-order chi connectivity index (χ0) is 45.9. The summed E-state index contributed by atoms with van der Waals surface area (Å²) in [5, 5.41) is 12.4. The molecule has 1 unspecified atom stereocenters. The lowest BCUT2D eigenvalue weighted by atomic mass is 9.86. The molecule has 19 heteroatoms. The number of imide groups is 2. The van der Waals surface area contributed by atoms with Gasteiger partial charge in [0.2, 0.25) is 17.7 Å². The number of hydrogen-bond acceptors (Lipinski definition) is 13. The molecular weight excluding hydrogens is 855 g/mol. The van der Waals surface area contributed by atoms with E-state index in [1.807, 2.05) is 6.07 Å². The Balaban J connectivity index is 0.704. The fraction of sp³-hybridized carbons (Fsp3) is 0.532. The van der Waals surface area contributed by atoms with E-state index in [0.717, 1.165) is 87.8 Å². The van der Waals surface area contributed by atoms with Gasteiger partial charge in [-0.25, -0.2) is 13.8 Å². The van der Waals surface area contributed by atoms with Crippen LogP contribution < -0.4 is 16.0 Å². The first-order valence-corrected chi connectivity index (χ1v) is 23.2. The van der Waals surface area contributed by atoms with Crippen molar-refractivity contribution in [3.63, 3.8) is 0 Å². The summed E-state index contributed by atoms with van der Waals surface area (Å²) in [4.78, 5) is 78.6. The van der Waals surface area contributed by atoms with E-state index in [1.54, 1.807) is 35.1 Å². The fourth-order valence-corrected chi connectivity index (χ4v) is 9.68. The lowest BCUT2D eigenvalue weighted by Gasteiger charge is -2.35. The van der Waals surface area contributed by atoms with Crippen LogP contribution >= 0.6 is 0 Å². The first kappa shape index (κ1) is 45.2. The number of piperidine rings is 1. The number of nitrogens with one attached hydrogen (secondary N) is 3. The summed E-state index contributed by atoms with van der Waals surface area (Å²) in [6, 6.07) is 7.62. The zero-order valence-electron chi connectivity index (χ0n) is 37.1. The lowest BCUT2D eigenvalue weighted by molar-refractivity contribution is -0.136. The summed E-state index contributed by atoms with van der Waals surface area (Å²) in [5.74, 6) is -1.31. The molecule has 2 aliphatic carbocycles. The molecule has 66 heavy (non-hydrogen) atoms. The number of benzene rings is 1. The maximum Gasteiger partial charge on any atom is 0.284 e. The average molecular weight is 911 g/mol. The van der Waals surface area contributed by atoms with Gasteiger partial charge in [0.05, 0.1) is 35.6 Å². The van der Waals surface area contributed by atoms with E-state index in [0.29, 0.717) is 36.7 Å². The molecular formula is C47H56F2N10O7. The number of anilines is 2. The van der Waals surface area contributed by atoms with Gasteiger partial charge in [-0.3, -0.25) is 48.8 Å². The fourth-order valence-electron chi connectivity index (χ4n) is 9.68. The molecule has 5 aliphatic rings. The maximum atomic E-state index is 14.2. The minimum Gasteiger partial charge on any atom is -0.444 e. The Morgan fingerprint density at radius 3 is 2.61 bits per heavy atom. The van der Waals surface area contributed by atoms with Gasteiger partial charge in [-0.05, 0) is 94.5 Å². The summed E-state index contributed by atoms with van der Waals surface area (Å²) >= 11 is 0. The second-order valence-corrected chi connectivity index (χ2v) is 18.3. The van der Waals surface area contributed by atoms with Crippen LogP contribution in [0.1, 0.15) is 119 Å². The molecule has 0 radical (unpaired) electrons. The van der Waals surface area contributed by atoms with Crippen molar-refractivity contribution in [2.24, 2.45) is 11.8 Å². The maximum absolute atomic E-state index is 14.2. The Kier molecular flexibility index (Phi) is 13.6. The highest BCUT2D eigenvalue weighted by Gasteiger charge is 2.45. The molecule has 0 bridgehead atoms. The summed E-state index contributed by atoms with van der Waals surface area (Å²) in [6.45, 7) is 5.35. The molecule has 6 heterocycles. The number of nitrogens with zero attached hydrogens (tertiary/aromatic N) is 7. The number of hydrogen-bond donors (Lipinski definition) is 3. The van der Waals surface area contributed by atoms with E-state index < -0.39 is 47.7 Å². The van der Waals surface area contributed by atoms with E-state index in [1.165, 1.54) is 25.3 Å². The van der Waals surface area contributed by atoms with Gasteiger partial charge in [-0.2, -0.15) is 5.10 Å². The molecule has 3 aromatic heterocycles. The molecule has 0 spiro atoms. The Bertz CT molecular complexity index is 2450. The highest BCUT2D eigenvalue weighted by Crippen LogP contribution is 2.37. The molecule has 1 aromatic carbocycles. The van der Waals surface area contributed by atoms with Gasteiger partial charge < -0.3 is 24.7 Å². The van der Waals surface area contributed by atoms with Crippen LogP contribution in [-0.2, 0) is 20.7 Å². The molecule has 17 nitrogen and oxygen atoms in total. The predicted molar refractivity (Wildman–Crippen MR) is 237 cm³/mol. The van der Waals surface area contributed by atoms with Crippen molar-refractivity contribution in [3.05, 3.63) is 77.2 Å². The Labute approximate surface area is 381 Å². The third kappa shape index (κ3) is 10.4. The molecule has 2 atom stereocenters. The number of aryl methyl sites for hydroxylation is 1. The first-order valence-electron chi connectivity index (χ1n) is 23.2. The van der Waals surface area contributed by atoms with Gasteiger partial charge in [-0.15, -0.1) is 0 Å². The van der Waals surface area contributed by atoms with Crippen molar-refractivity contribution in [1.29, 1.82) is 0 Å². The van der Waals surface area contributed by atoms with Crippen LogP contribution in [0.3, 0.4) is 0 Å². The van der Waals surface area contributed by atoms with E-state index in [9.17, 15) is 32.8 Å². The molecule has 4 aromatic rings. The van der Waals surface area contributed by atoms with Gasteiger partial charge in [0.15, 0.2) is 11.4 Å². The van der Waals surface area contributed by atoms with Crippen molar-refractivity contribution in [2.75, 3.05) is 63.6 Å². The van der Waals surface area contributed by atoms with E-state index in [4.69, 9.17) is 9.15 Å². The summed E-state index contributed by atoms with van der Waals surface area (Å²) in [5.41, 5.74) is 2.09. The number of fused-ring (bicyclic) bond motifs is 1. The predicted octanol–water partition coefficient (Wildman–Crippen LogP) is 5.73. The number of oxazole rings is 1. The van der Waals surface area contributed by atoms with Crippen molar-refractivity contribution in [3.8, 4) is 11.5 Å². The Hall–Kier alpha value is -5.92. The molecule has 2 saturated heterocycles. The van der Waals surface area contributed by atoms with Crippen LogP contribution in [0.4, 0.5) is 20.2 Å². The molecule has 5 amide bonds. The second kappa shape index (κ2) is 19.9. The number of pyridine rings is 1. The average Bonchev–Trinajstić information content (AvgIpc) is 3.71. The van der Waals surface area contributed by atoms with Crippen molar-refractivity contribution >= 4 is 40.9 Å². The Morgan fingerprint density at radius 2 is 1.82 bits per heavy atom. The van der Waals surface area contributed by atoms with Crippen LogP contribution in [0, 0.1) is 11.8 Å². The van der Waals surface area contributed by atoms with Gasteiger partial charge in [0.25, 0.3) is 24.1 Å². The smallest absolute Gasteiger partial charge is 0.284 e. The summed E-state index contributed by atoms with van der Waals surface area (Å²) < 4.78 is 41.7. The number of halogens is 2. The number of alkyl halides is 2. The van der Waals surface area contributed by atoms with Gasteiger partial charge in [0.1, 0.15) is 12.3 Å². The highest BCUT2D eigenvalue weighted by molar-refractivity contribution is 6.25. The highest BCUT2D eigenvalue weighted by atomic mass is 19.3. The zero-order valence-corrected chi connectivity index (χ0v) is 37.1. The quantitative estimate of drug-likeness (QED) is 0.103. The molecule has 2 saturated carbocycles. The van der Waals surface area contributed by atoms with Crippen molar-refractivity contribution < 1.29 is 41.9 Å². The minimum absolute atomic E-state index is 0.0183. The Morgan fingerprint density at radius 1 is 1.00 bits per heavy atom. The number of amides is 5. The van der Waals surface area contributed by atoms with Crippen LogP contribution in [0.15, 0.2) is 53.4 Å². The summed E-state index contributed by atoms with van der Waals surface area (Å²) in [7, 11) is 2.12. The number of carbonyl (C=O) groups excluding carboxylic acids is 5. The molecule has 9 rings (SSSR count). The molecule has 4 fully saturated rings. The number of rotatable bonds is 18. The molecule has 3 aliphatic heterocycles. The number of aromatic nitrogens is 4. The largest absolute Gasteiger partial charge is 0.444 e. The second-order valence-electron chi connectivity index (χ2n) is 18.3. The van der Waals surface area contributed by atoms with Crippen LogP contribution in [0.5, 0.6) is 0 Å². The topological polar surface area (TPSA) is 197 Å². The van der Waals surface area contributed by atoms with E-state index in [2.05, 4.69) is 47.9 Å². The van der Waals surface area contributed by atoms with Gasteiger partial charge >= 0.3 is 0 Å². The van der Waals surface area contributed by atoms with E-state index >= 15 is 0 Å².